The summed E-state index contributed by atoms with van der Waals surface area (Å²) in [6.07, 6.45) is 3.21. The Morgan fingerprint density at radius 2 is 2.19 bits per heavy atom. The summed E-state index contributed by atoms with van der Waals surface area (Å²) in [7, 11) is -3.46. The molecule has 0 amide bonds. The summed E-state index contributed by atoms with van der Waals surface area (Å²) in [6.45, 7) is 4.38. The molecule has 4 nitrogen and oxygen atoms in total. The average Bonchev–Trinajstić information content (AvgIpc) is 2.43. The van der Waals surface area contributed by atoms with Crippen molar-refractivity contribution in [2.45, 2.75) is 31.1 Å². The lowest BCUT2D eigenvalue weighted by molar-refractivity contribution is 0.358. The van der Waals surface area contributed by atoms with E-state index in [2.05, 4.69) is 10.0 Å². The number of rotatable bonds is 5. The molecule has 0 aliphatic carbocycles. The SMILES string of the molecule is Cc1ccc(S(=O)(=O)NCCC2CCCNC2)cc1Cl.Cl. The van der Waals surface area contributed by atoms with E-state index in [-0.39, 0.29) is 17.3 Å². The van der Waals surface area contributed by atoms with Crippen LogP contribution in [0, 0.1) is 12.8 Å². The Bertz CT molecular complexity index is 558. The van der Waals surface area contributed by atoms with Crippen LogP contribution in [-0.2, 0) is 10.0 Å². The van der Waals surface area contributed by atoms with Crippen molar-refractivity contribution in [1.29, 1.82) is 0 Å². The minimum absolute atomic E-state index is 0. The molecule has 2 rings (SSSR count). The van der Waals surface area contributed by atoms with Gasteiger partial charge in [0.25, 0.3) is 0 Å². The van der Waals surface area contributed by atoms with Crippen LogP contribution in [0.4, 0.5) is 0 Å². The summed E-state index contributed by atoms with van der Waals surface area (Å²) < 4.78 is 27.0. The highest BCUT2D eigenvalue weighted by atomic mass is 35.5. The first kappa shape index (κ1) is 18.7. The van der Waals surface area contributed by atoms with Gasteiger partial charge in [-0.2, -0.15) is 0 Å². The van der Waals surface area contributed by atoms with E-state index in [0.717, 1.165) is 25.1 Å². The van der Waals surface area contributed by atoms with Gasteiger partial charge in [0.1, 0.15) is 0 Å². The van der Waals surface area contributed by atoms with Gasteiger partial charge < -0.3 is 5.32 Å². The highest BCUT2D eigenvalue weighted by Gasteiger charge is 2.17. The van der Waals surface area contributed by atoms with Gasteiger partial charge in [0.15, 0.2) is 0 Å². The molecular formula is C14H22Cl2N2O2S. The van der Waals surface area contributed by atoms with Crippen LogP contribution in [0.25, 0.3) is 0 Å². The Morgan fingerprint density at radius 1 is 1.43 bits per heavy atom. The minimum Gasteiger partial charge on any atom is -0.316 e. The van der Waals surface area contributed by atoms with E-state index in [1.807, 2.05) is 6.92 Å². The Hall–Kier alpha value is -0.330. The van der Waals surface area contributed by atoms with Crippen LogP contribution < -0.4 is 10.0 Å². The van der Waals surface area contributed by atoms with Crippen LogP contribution in [0.5, 0.6) is 0 Å². The van der Waals surface area contributed by atoms with Gasteiger partial charge in [0.2, 0.25) is 10.0 Å². The van der Waals surface area contributed by atoms with E-state index in [0.29, 0.717) is 17.5 Å². The molecule has 0 bridgehead atoms. The van der Waals surface area contributed by atoms with E-state index in [4.69, 9.17) is 11.6 Å². The van der Waals surface area contributed by atoms with Gasteiger partial charge in [0, 0.05) is 11.6 Å². The highest BCUT2D eigenvalue weighted by molar-refractivity contribution is 7.89. The molecule has 1 aromatic carbocycles. The molecular weight excluding hydrogens is 331 g/mol. The Kier molecular flexibility index (Phi) is 7.44. The molecule has 21 heavy (non-hydrogen) atoms. The lowest BCUT2D eigenvalue weighted by atomic mass is 9.96. The Balaban J connectivity index is 0.00000220. The number of sulfonamides is 1. The molecule has 0 aromatic heterocycles. The normalized spacial score (nSPS) is 19.0. The molecule has 0 radical (unpaired) electrons. The fraction of sp³-hybridized carbons (Fsp3) is 0.571. The molecule has 1 atom stereocenters. The van der Waals surface area contributed by atoms with Crippen molar-refractivity contribution in [1.82, 2.24) is 10.0 Å². The van der Waals surface area contributed by atoms with Crippen LogP contribution in [0.15, 0.2) is 23.1 Å². The summed E-state index contributed by atoms with van der Waals surface area (Å²) in [5, 5.41) is 3.81. The summed E-state index contributed by atoms with van der Waals surface area (Å²) >= 11 is 5.98. The van der Waals surface area contributed by atoms with Crippen molar-refractivity contribution in [3.05, 3.63) is 28.8 Å². The van der Waals surface area contributed by atoms with Crippen LogP contribution in [-0.4, -0.2) is 28.1 Å². The minimum atomic E-state index is -3.46. The fourth-order valence-corrected chi connectivity index (χ4v) is 3.71. The largest absolute Gasteiger partial charge is 0.316 e. The third-order valence-electron chi connectivity index (χ3n) is 3.70. The topological polar surface area (TPSA) is 58.2 Å². The molecule has 120 valence electrons. The third-order valence-corrected chi connectivity index (χ3v) is 5.56. The smallest absolute Gasteiger partial charge is 0.240 e. The van der Waals surface area contributed by atoms with Crippen LogP contribution in [0.2, 0.25) is 5.02 Å². The quantitative estimate of drug-likeness (QED) is 0.856. The maximum atomic E-state index is 12.2. The number of piperidine rings is 1. The van der Waals surface area contributed by atoms with Gasteiger partial charge in [-0.3, -0.25) is 0 Å². The fourth-order valence-electron chi connectivity index (χ4n) is 2.39. The summed E-state index contributed by atoms with van der Waals surface area (Å²) in [5.74, 6) is 0.563. The lowest BCUT2D eigenvalue weighted by Gasteiger charge is -2.22. The van der Waals surface area contributed by atoms with Crippen molar-refractivity contribution in [3.63, 3.8) is 0 Å². The molecule has 1 unspecified atom stereocenters. The molecule has 1 saturated heterocycles. The summed E-state index contributed by atoms with van der Waals surface area (Å²) in [4.78, 5) is 0.231. The molecule has 1 aromatic rings. The number of nitrogens with one attached hydrogen (secondary N) is 2. The molecule has 1 aliphatic rings. The van der Waals surface area contributed by atoms with Gasteiger partial charge in [-0.1, -0.05) is 17.7 Å². The number of benzene rings is 1. The lowest BCUT2D eigenvalue weighted by Crippen LogP contribution is -2.33. The average molecular weight is 353 g/mol. The molecule has 0 spiro atoms. The van der Waals surface area contributed by atoms with E-state index in [1.165, 1.54) is 18.9 Å². The first-order valence-corrected chi connectivity index (χ1v) is 8.82. The zero-order valence-corrected chi connectivity index (χ0v) is 14.5. The van der Waals surface area contributed by atoms with E-state index < -0.39 is 10.0 Å². The monoisotopic (exact) mass is 352 g/mol. The zero-order valence-electron chi connectivity index (χ0n) is 12.1. The zero-order chi connectivity index (χ0) is 14.6. The van der Waals surface area contributed by atoms with Crippen LogP contribution in [0.3, 0.4) is 0 Å². The van der Waals surface area contributed by atoms with E-state index in [1.54, 1.807) is 12.1 Å². The van der Waals surface area contributed by atoms with Gasteiger partial charge in [-0.15, -0.1) is 12.4 Å². The maximum absolute atomic E-state index is 12.2. The standard InChI is InChI=1S/C14H21ClN2O2S.ClH/c1-11-4-5-13(9-14(11)15)20(18,19)17-8-6-12-3-2-7-16-10-12;/h4-5,9,12,16-17H,2-3,6-8,10H2,1H3;1H. The molecule has 1 aliphatic heterocycles. The number of halogens is 2. The van der Waals surface area contributed by atoms with Gasteiger partial charge >= 0.3 is 0 Å². The maximum Gasteiger partial charge on any atom is 0.240 e. The van der Waals surface area contributed by atoms with Crippen molar-refractivity contribution in [3.8, 4) is 0 Å². The van der Waals surface area contributed by atoms with Gasteiger partial charge in [-0.05, 0) is 62.9 Å². The van der Waals surface area contributed by atoms with Crippen molar-refractivity contribution >= 4 is 34.0 Å². The Labute approximate surface area is 138 Å². The van der Waals surface area contributed by atoms with Crippen molar-refractivity contribution < 1.29 is 8.42 Å². The van der Waals surface area contributed by atoms with Crippen molar-refractivity contribution in [2.75, 3.05) is 19.6 Å². The first-order chi connectivity index (χ1) is 9.49. The first-order valence-electron chi connectivity index (χ1n) is 6.95. The number of hydrogen-bond acceptors (Lipinski definition) is 3. The van der Waals surface area contributed by atoms with Crippen molar-refractivity contribution in [2.24, 2.45) is 5.92 Å². The van der Waals surface area contributed by atoms with Crippen LogP contribution in [0.1, 0.15) is 24.8 Å². The molecule has 2 N–H and O–H groups in total. The predicted octanol–water partition coefficient (Wildman–Crippen LogP) is 2.74. The summed E-state index contributed by atoms with van der Waals surface area (Å²) in [5.41, 5.74) is 0.874. The molecule has 1 fully saturated rings. The number of aryl methyl sites for hydroxylation is 1. The molecule has 1 heterocycles. The second-order valence-electron chi connectivity index (χ2n) is 5.31. The Morgan fingerprint density at radius 3 is 2.81 bits per heavy atom. The third kappa shape index (κ3) is 5.42. The van der Waals surface area contributed by atoms with Gasteiger partial charge in [-0.25, -0.2) is 13.1 Å². The second kappa shape index (κ2) is 8.34. The predicted molar refractivity (Wildman–Crippen MR) is 88.8 cm³/mol. The summed E-state index contributed by atoms with van der Waals surface area (Å²) in [6, 6.07) is 4.81. The van der Waals surface area contributed by atoms with E-state index >= 15 is 0 Å². The number of hydrogen-bond donors (Lipinski definition) is 2. The van der Waals surface area contributed by atoms with Gasteiger partial charge in [0.05, 0.1) is 4.90 Å². The highest BCUT2D eigenvalue weighted by Crippen LogP contribution is 2.20. The molecule has 7 heteroatoms. The second-order valence-corrected chi connectivity index (χ2v) is 7.48. The van der Waals surface area contributed by atoms with E-state index in [9.17, 15) is 8.42 Å². The van der Waals surface area contributed by atoms with Crippen LogP contribution >= 0.6 is 24.0 Å². The molecule has 0 saturated carbocycles.